The van der Waals surface area contributed by atoms with Gasteiger partial charge in [0, 0.05) is 11.6 Å². The summed E-state index contributed by atoms with van der Waals surface area (Å²) in [5.74, 6) is -3.90. The summed E-state index contributed by atoms with van der Waals surface area (Å²) in [6.45, 7) is 0.390. The minimum Gasteiger partial charge on any atom is -0.494 e. The number of carbonyl (C=O) groups is 2. The van der Waals surface area contributed by atoms with Crippen LogP contribution in [0.15, 0.2) is 30.3 Å². The number of carboxylic acids is 2. The van der Waals surface area contributed by atoms with Crippen LogP contribution in [0.2, 0.25) is 0 Å². The zero-order valence-electron chi connectivity index (χ0n) is 19.0. The Morgan fingerprint density at radius 1 is 1.00 bits per heavy atom. The third kappa shape index (κ3) is 7.83. The molecule has 0 amide bonds. The van der Waals surface area contributed by atoms with E-state index in [0.29, 0.717) is 23.8 Å². The Hall–Kier alpha value is -3.37. The smallest absolute Gasteiger partial charge is 0.433 e. The molecule has 0 spiro atoms. The summed E-state index contributed by atoms with van der Waals surface area (Å²) < 4.78 is 51.3. The molecular formula is C24H27F3N2O6. The molecule has 1 heterocycles. The van der Waals surface area contributed by atoms with Crippen LogP contribution in [0, 0.1) is 11.8 Å². The van der Waals surface area contributed by atoms with Crippen molar-refractivity contribution in [3.05, 3.63) is 36.0 Å². The maximum absolute atomic E-state index is 13.4. The summed E-state index contributed by atoms with van der Waals surface area (Å²) in [4.78, 5) is 29.6. The van der Waals surface area contributed by atoms with Gasteiger partial charge in [-0.25, -0.2) is 4.98 Å². The van der Waals surface area contributed by atoms with Gasteiger partial charge in [-0.05, 0) is 55.9 Å². The molecule has 1 aliphatic carbocycles. The lowest BCUT2D eigenvalue weighted by molar-refractivity contribution is -0.154. The van der Waals surface area contributed by atoms with E-state index in [-0.39, 0.29) is 31.2 Å². The predicted molar refractivity (Wildman–Crippen MR) is 118 cm³/mol. The summed E-state index contributed by atoms with van der Waals surface area (Å²) in [5, 5.41) is 17.8. The van der Waals surface area contributed by atoms with Crippen LogP contribution >= 0.6 is 0 Å². The molecule has 8 nitrogen and oxygen atoms in total. The van der Waals surface area contributed by atoms with Gasteiger partial charge in [0.1, 0.15) is 5.75 Å². The second kappa shape index (κ2) is 11.9. The molecule has 0 radical (unpaired) electrons. The molecule has 1 aliphatic rings. The molecular weight excluding hydrogens is 469 g/mol. The van der Waals surface area contributed by atoms with Crippen LogP contribution in [0.1, 0.15) is 50.6 Å². The standard InChI is InChI=1S/C24H27F3N2O6/c25-24(26,27)19-13-20(35-14-15-5-2-1-3-6-15)29-21(28-19)16-8-10-17(11-9-16)34-12-4-7-18(22(30)31)23(32)33/h8-11,13,15,18H,1-7,12,14H2,(H,30,31)(H,32,33). The minimum absolute atomic E-state index is 0.0790. The van der Waals surface area contributed by atoms with Crippen molar-refractivity contribution in [2.24, 2.45) is 11.8 Å². The van der Waals surface area contributed by atoms with Crippen LogP contribution in [0.4, 0.5) is 13.2 Å². The van der Waals surface area contributed by atoms with Gasteiger partial charge in [0.25, 0.3) is 0 Å². The molecule has 1 aromatic heterocycles. The molecule has 190 valence electrons. The summed E-state index contributed by atoms with van der Waals surface area (Å²) in [6, 6.07) is 6.87. The van der Waals surface area contributed by atoms with Crippen LogP contribution in [-0.4, -0.2) is 45.3 Å². The van der Waals surface area contributed by atoms with E-state index in [1.807, 2.05) is 0 Å². The first-order valence-electron chi connectivity index (χ1n) is 11.4. The zero-order valence-corrected chi connectivity index (χ0v) is 19.0. The normalized spacial score (nSPS) is 14.6. The van der Waals surface area contributed by atoms with E-state index in [9.17, 15) is 22.8 Å². The van der Waals surface area contributed by atoms with E-state index in [1.165, 1.54) is 24.3 Å². The number of benzene rings is 1. The molecule has 1 saturated carbocycles. The van der Waals surface area contributed by atoms with Crippen molar-refractivity contribution >= 4 is 11.9 Å². The third-order valence-corrected chi connectivity index (χ3v) is 5.80. The lowest BCUT2D eigenvalue weighted by Gasteiger charge is -2.21. The fraction of sp³-hybridized carbons (Fsp3) is 0.500. The highest BCUT2D eigenvalue weighted by atomic mass is 19.4. The molecule has 0 bridgehead atoms. The highest BCUT2D eigenvalue weighted by Gasteiger charge is 2.34. The van der Waals surface area contributed by atoms with Crippen LogP contribution in [0.25, 0.3) is 11.4 Å². The van der Waals surface area contributed by atoms with E-state index in [1.54, 1.807) is 0 Å². The number of halogens is 3. The molecule has 3 rings (SSSR count). The SMILES string of the molecule is O=C(O)C(CCCOc1ccc(-c2nc(OCC3CCCCC3)cc(C(F)(F)F)n2)cc1)C(=O)O. The fourth-order valence-corrected chi connectivity index (χ4v) is 3.86. The highest BCUT2D eigenvalue weighted by molar-refractivity contribution is 5.92. The molecule has 35 heavy (non-hydrogen) atoms. The van der Waals surface area contributed by atoms with Gasteiger partial charge in [-0.1, -0.05) is 19.3 Å². The van der Waals surface area contributed by atoms with E-state index >= 15 is 0 Å². The maximum Gasteiger partial charge on any atom is 0.433 e. The van der Waals surface area contributed by atoms with Crippen molar-refractivity contribution in [3.63, 3.8) is 0 Å². The first-order valence-corrected chi connectivity index (χ1v) is 11.4. The number of hydrogen-bond donors (Lipinski definition) is 2. The van der Waals surface area contributed by atoms with Crippen molar-refractivity contribution in [2.45, 2.75) is 51.1 Å². The summed E-state index contributed by atoms with van der Waals surface area (Å²) in [6.07, 6.45) is 0.756. The number of rotatable bonds is 11. The Bertz CT molecular complexity index is 993. The van der Waals surface area contributed by atoms with Crippen LogP contribution in [0.5, 0.6) is 11.6 Å². The van der Waals surface area contributed by atoms with Crippen molar-refractivity contribution in [3.8, 4) is 23.0 Å². The van der Waals surface area contributed by atoms with E-state index in [4.69, 9.17) is 19.7 Å². The van der Waals surface area contributed by atoms with Crippen LogP contribution in [0.3, 0.4) is 0 Å². The Kier molecular flexibility index (Phi) is 8.89. The lowest BCUT2D eigenvalue weighted by atomic mass is 9.90. The number of aromatic nitrogens is 2. The molecule has 2 N–H and O–H groups in total. The summed E-state index contributed by atoms with van der Waals surface area (Å²) in [5.41, 5.74) is -0.754. The van der Waals surface area contributed by atoms with Crippen LogP contribution in [-0.2, 0) is 15.8 Å². The Balaban J connectivity index is 1.65. The molecule has 0 saturated heterocycles. The number of nitrogens with zero attached hydrogens (tertiary/aromatic N) is 2. The van der Waals surface area contributed by atoms with Crippen LogP contribution < -0.4 is 9.47 Å². The van der Waals surface area contributed by atoms with E-state index in [0.717, 1.165) is 38.2 Å². The fourth-order valence-electron chi connectivity index (χ4n) is 3.86. The molecule has 0 unspecified atom stereocenters. The van der Waals surface area contributed by atoms with Gasteiger partial charge >= 0.3 is 18.1 Å². The Morgan fingerprint density at radius 2 is 1.66 bits per heavy atom. The molecule has 0 atom stereocenters. The summed E-state index contributed by atoms with van der Waals surface area (Å²) >= 11 is 0. The Labute approximate surface area is 200 Å². The van der Waals surface area contributed by atoms with E-state index in [2.05, 4.69) is 9.97 Å². The summed E-state index contributed by atoms with van der Waals surface area (Å²) in [7, 11) is 0. The first-order chi connectivity index (χ1) is 16.6. The zero-order chi connectivity index (χ0) is 25.4. The van der Waals surface area contributed by atoms with Gasteiger partial charge in [-0.15, -0.1) is 0 Å². The number of aliphatic carboxylic acids is 2. The van der Waals surface area contributed by atoms with Gasteiger partial charge in [0.15, 0.2) is 17.4 Å². The second-order valence-electron chi connectivity index (χ2n) is 8.47. The predicted octanol–water partition coefficient (Wildman–Crippen LogP) is 5.07. The number of ether oxygens (including phenoxy) is 2. The molecule has 11 heteroatoms. The molecule has 0 aliphatic heterocycles. The van der Waals surface area contributed by atoms with Gasteiger partial charge in [0.2, 0.25) is 5.88 Å². The van der Waals surface area contributed by atoms with Gasteiger partial charge in [-0.2, -0.15) is 18.2 Å². The highest BCUT2D eigenvalue weighted by Crippen LogP contribution is 2.32. The van der Waals surface area contributed by atoms with Crippen molar-refractivity contribution in [1.82, 2.24) is 9.97 Å². The average molecular weight is 496 g/mol. The monoisotopic (exact) mass is 496 g/mol. The lowest BCUT2D eigenvalue weighted by Crippen LogP contribution is -2.23. The minimum atomic E-state index is -4.66. The quantitative estimate of drug-likeness (QED) is 0.327. The Morgan fingerprint density at radius 3 is 2.26 bits per heavy atom. The average Bonchev–Trinajstić information content (AvgIpc) is 2.82. The molecule has 1 fully saturated rings. The van der Waals surface area contributed by atoms with Gasteiger partial charge < -0.3 is 19.7 Å². The first kappa shape index (κ1) is 26.2. The number of alkyl halides is 3. The van der Waals surface area contributed by atoms with Crippen molar-refractivity contribution in [1.29, 1.82) is 0 Å². The topological polar surface area (TPSA) is 119 Å². The number of carboxylic acid groups (broad SMARTS) is 2. The number of hydrogen-bond acceptors (Lipinski definition) is 6. The van der Waals surface area contributed by atoms with E-state index < -0.39 is 29.7 Å². The van der Waals surface area contributed by atoms with Crippen molar-refractivity contribution in [2.75, 3.05) is 13.2 Å². The molecule has 2 aromatic rings. The van der Waals surface area contributed by atoms with Crippen molar-refractivity contribution < 1.29 is 42.4 Å². The van der Waals surface area contributed by atoms with Gasteiger partial charge in [0.05, 0.1) is 13.2 Å². The molecule has 1 aromatic carbocycles. The second-order valence-corrected chi connectivity index (χ2v) is 8.47. The van der Waals surface area contributed by atoms with Gasteiger partial charge in [-0.3, -0.25) is 9.59 Å². The maximum atomic E-state index is 13.4. The third-order valence-electron chi connectivity index (χ3n) is 5.80. The largest absolute Gasteiger partial charge is 0.494 e.